The topological polar surface area (TPSA) is 29.1 Å². The molecule has 0 saturated heterocycles. The average molecular weight is 333 g/mol. The van der Waals surface area contributed by atoms with Crippen molar-refractivity contribution < 1.29 is 9.18 Å². The maximum absolute atomic E-state index is 13.0. The Kier molecular flexibility index (Phi) is 4.53. The van der Waals surface area contributed by atoms with Crippen LogP contribution in [0.15, 0.2) is 30.3 Å². The van der Waals surface area contributed by atoms with Crippen LogP contribution < -0.4 is 5.32 Å². The summed E-state index contributed by atoms with van der Waals surface area (Å²) < 4.78 is 13.0. The fraction of sp³-hybridized carbons (Fsp3) is 0.0714. The molecule has 2 nitrogen and oxygen atoms in total. The maximum Gasteiger partial charge on any atom is 0.255 e. The van der Waals surface area contributed by atoms with E-state index in [1.165, 1.54) is 30.3 Å². The van der Waals surface area contributed by atoms with Crippen molar-refractivity contribution in [1.82, 2.24) is 0 Å². The third kappa shape index (κ3) is 3.23. The van der Waals surface area contributed by atoms with Crippen molar-refractivity contribution in [1.29, 1.82) is 0 Å². The van der Waals surface area contributed by atoms with Gasteiger partial charge in [-0.25, -0.2) is 4.39 Å². The van der Waals surface area contributed by atoms with Gasteiger partial charge in [-0.1, -0.05) is 34.8 Å². The molecule has 0 unspecified atom stereocenters. The number of benzene rings is 2. The first-order chi connectivity index (χ1) is 9.38. The highest BCUT2D eigenvalue weighted by Gasteiger charge is 2.13. The summed E-state index contributed by atoms with van der Waals surface area (Å²) in [5.41, 5.74) is 1.22. The van der Waals surface area contributed by atoms with E-state index in [-0.39, 0.29) is 10.0 Å². The third-order valence-electron chi connectivity index (χ3n) is 2.69. The Balaban J connectivity index is 2.30. The summed E-state index contributed by atoms with van der Waals surface area (Å²) in [4.78, 5) is 12.1. The second-order valence-corrected chi connectivity index (χ2v) is 5.38. The monoisotopic (exact) mass is 331 g/mol. The lowest BCUT2D eigenvalue weighted by atomic mass is 10.1. The van der Waals surface area contributed by atoms with Gasteiger partial charge in [0.15, 0.2) is 0 Å². The van der Waals surface area contributed by atoms with Crippen LogP contribution in [0.4, 0.5) is 10.1 Å². The molecule has 0 aromatic heterocycles. The summed E-state index contributed by atoms with van der Waals surface area (Å²) in [6.45, 7) is 1.65. The van der Waals surface area contributed by atoms with Crippen LogP contribution in [0.1, 0.15) is 15.9 Å². The number of anilines is 1. The number of carbonyl (C=O) groups is 1. The Morgan fingerprint density at radius 2 is 1.70 bits per heavy atom. The molecule has 0 heterocycles. The van der Waals surface area contributed by atoms with Gasteiger partial charge in [0.05, 0.1) is 20.8 Å². The number of amides is 1. The fourth-order valence-corrected chi connectivity index (χ4v) is 2.28. The number of rotatable bonds is 2. The van der Waals surface area contributed by atoms with Gasteiger partial charge in [-0.2, -0.15) is 0 Å². The minimum Gasteiger partial charge on any atom is -0.321 e. The van der Waals surface area contributed by atoms with E-state index in [0.29, 0.717) is 21.8 Å². The number of halogens is 4. The average Bonchev–Trinajstić information content (AvgIpc) is 2.35. The van der Waals surface area contributed by atoms with Crippen molar-refractivity contribution in [3.8, 4) is 0 Å². The molecule has 2 aromatic rings. The highest BCUT2D eigenvalue weighted by molar-refractivity contribution is 6.44. The lowest BCUT2D eigenvalue weighted by Gasteiger charge is -2.10. The number of carbonyl (C=O) groups excluding carboxylic acids is 1. The molecule has 20 heavy (non-hydrogen) atoms. The highest BCUT2D eigenvalue weighted by atomic mass is 35.5. The minimum atomic E-state index is -0.400. The molecule has 0 saturated carbocycles. The lowest BCUT2D eigenvalue weighted by Crippen LogP contribution is -2.13. The van der Waals surface area contributed by atoms with E-state index in [2.05, 4.69) is 5.32 Å². The Bertz CT molecular complexity index is 688. The summed E-state index contributed by atoms with van der Waals surface area (Å²) in [5.74, 6) is -0.797. The van der Waals surface area contributed by atoms with E-state index in [1.54, 1.807) is 6.92 Å². The van der Waals surface area contributed by atoms with Crippen molar-refractivity contribution in [3.05, 3.63) is 62.3 Å². The van der Waals surface area contributed by atoms with Gasteiger partial charge in [0, 0.05) is 5.56 Å². The Morgan fingerprint density at radius 3 is 2.35 bits per heavy atom. The van der Waals surface area contributed by atoms with Gasteiger partial charge >= 0.3 is 0 Å². The zero-order chi connectivity index (χ0) is 14.9. The molecular formula is C14H9Cl3FNO. The number of nitrogens with one attached hydrogen (secondary N) is 1. The zero-order valence-corrected chi connectivity index (χ0v) is 12.6. The normalized spacial score (nSPS) is 10.4. The molecule has 0 aliphatic rings. The first-order valence-electron chi connectivity index (χ1n) is 5.60. The molecule has 0 aliphatic heterocycles. The second-order valence-electron chi connectivity index (χ2n) is 4.16. The summed E-state index contributed by atoms with van der Waals surface area (Å²) >= 11 is 17.7. The first kappa shape index (κ1) is 15.1. The molecule has 0 aliphatic carbocycles. The van der Waals surface area contributed by atoms with Gasteiger partial charge in [0.1, 0.15) is 5.82 Å². The molecule has 0 spiro atoms. The van der Waals surface area contributed by atoms with Gasteiger partial charge in [-0.3, -0.25) is 4.79 Å². The molecule has 6 heteroatoms. The minimum absolute atomic E-state index is 0.271. The predicted octanol–water partition coefficient (Wildman–Crippen LogP) is 5.35. The molecule has 0 fully saturated rings. The summed E-state index contributed by atoms with van der Waals surface area (Å²) in [6.07, 6.45) is 0. The van der Waals surface area contributed by atoms with E-state index < -0.39 is 11.7 Å². The van der Waals surface area contributed by atoms with Crippen molar-refractivity contribution in [2.45, 2.75) is 6.92 Å². The largest absolute Gasteiger partial charge is 0.321 e. The molecule has 2 rings (SSSR count). The van der Waals surface area contributed by atoms with Crippen molar-refractivity contribution >= 4 is 46.4 Å². The van der Waals surface area contributed by atoms with Crippen LogP contribution in [-0.2, 0) is 0 Å². The van der Waals surface area contributed by atoms with E-state index >= 15 is 0 Å². The second kappa shape index (κ2) is 6.00. The van der Waals surface area contributed by atoms with Crippen LogP contribution in [0.3, 0.4) is 0 Å². The van der Waals surface area contributed by atoms with Gasteiger partial charge in [0.25, 0.3) is 5.91 Å². The summed E-state index contributed by atoms with van der Waals surface area (Å²) in [7, 11) is 0. The standard InChI is InChI=1S/C14H9Cl3FNO/c1-7-4-8(18)2-3-9(7)14(20)19-13-6-11(16)10(15)5-12(13)17/h2-6H,1H3,(H,19,20). The van der Waals surface area contributed by atoms with Crippen molar-refractivity contribution in [2.75, 3.05) is 5.32 Å². The molecule has 0 radical (unpaired) electrons. The maximum atomic E-state index is 13.0. The summed E-state index contributed by atoms with van der Waals surface area (Å²) in [6, 6.07) is 6.82. The van der Waals surface area contributed by atoms with Crippen LogP contribution in [0.25, 0.3) is 0 Å². The lowest BCUT2D eigenvalue weighted by molar-refractivity contribution is 0.102. The Labute approximate surface area is 130 Å². The third-order valence-corrected chi connectivity index (χ3v) is 3.73. The smallest absolute Gasteiger partial charge is 0.255 e. The molecule has 2 aromatic carbocycles. The first-order valence-corrected chi connectivity index (χ1v) is 6.74. The molecule has 1 N–H and O–H groups in total. The van der Waals surface area contributed by atoms with Crippen LogP contribution in [0.5, 0.6) is 0 Å². The highest BCUT2D eigenvalue weighted by Crippen LogP contribution is 2.32. The van der Waals surface area contributed by atoms with E-state index in [1.807, 2.05) is 0 Å². The Morgan fingerprint density at radius 1 is 1.05 bits per heavy atom. The van der Waals surface area contributed by atoms with Crippen LogP contribution in [0.2, 0.25) is 15.1 Å². The van der Waals surface area contributed by atoms with Gasteiger partial charge in [-0.05, 0) is 42.8 Å². The van der Waals surface area contributed by atoms with Gasteiger partial charge < -0.3 is 5.32 Å². The predicted molar refractivity (Wildman–Crippen MR) is 80.6 cm³/mol. The molecule has 0 bridgehead atoms. The van der Waals surface area contributed by atoms with E-state index in [4.69, 9.17) is 34.8 Å². The SMILES string of the molecule is Cc1cc(F)ccc1C(=O)Nc1cc(Cl)c(Cl)cc1Cl. The van der Waals surface area contributed by atoms with Crippen molar-refractivity contribution in [2.24, 2.45) is 0 Å². The molecular weight excluding hydrogens is 324 g/mol. The zero-order valence-electron chi connectivity index (χ0n) is 10.3. The number of hydrogen-bond acceptors (Lipinski definition) is 1. The Hall–Kier alpha value is -1.29. The number of aryl methyl sites for hydroxylation is 1. The van der Waals surface area contributed by atoms with Gasteiger partial charge in [-0.15, -0.1) is 0 Å². The fourth-order valence-electron chi connectivity index (χ4n) is 1.69. The quantitative estimate of drug-likeness (QED) is 0.738. The molecule has 0 atom stereocenters. The van der Waals surface area contributed by atoms with Crippen molar-refractivity contribution in [3.63, 3.8) is 0 Å². The van der Waals surface area contributed by atoms with Crippen LogP contribution >= 0.6 is 34.8 Å². The van der Waals surface area contributed by atoms with Gasteiger partial charge in [0.2, 0.25) is 0 Å². The van der Waals surface area contributed by atoms with E-state index in [9.17, 15) is 9.18 Å². The number of hydrogen-bond donors (Lipinski definition) is 1. The molecule has 1 amide bonds. The summed E-state index contributed by atoms with van der Waals surface area (Å²) in [5, 5.41) is 3.47. The van der Waals surface area contributed by atoms with E-state index in [0.717, 1.165) is 0 Å². The van der Waals surface area contributed by atoms with Crippen LogP contribution in [0, 0.1) is 12.7 Å². The van der Waals surface area contributed by atoms with Crippen LogP contribution in [-0.4, -0.2) is 5.91 Å². The molecule has 104 valence electrons.